The molecule has 1 aliphatic rings. The first-order chi connectivity index (χ1) is 10.1. The molecule has 2 N–H and O–H groups in total. The Hall–Kier alpha value is -1.26. The zero-order valence-corrected chi connectivity index (χ0v) is 13.6. The summed E-state index contributed by atoms with van der Waals surface area (Å²) in [6.45, 7) is 7.01. The van der Waals surface area contributed by atoms with Gasteiger partial charge in [-0.05, 0) is 32.4 Å². The fourth-order valence-corrected chi connectivity index (χ4v) is 2.74. The molecule has 0 radical (unpaired) electrons. The molecule has 116 valence electrons. The summed E-state index contributed by atoms with van der Waals surface area (Å²) in [5.74, 6) is 0.598. The molecule has 21 heavy (non-hydrogen) atoms. The number of anilines is 1. The van der Waals surface area contributed by atoms with Crippen molar-refractivity contribution < 1.29 is 9.53 Å². The van der Waals surface area contributed by atoms with Crippen molar-refractivity contribution in [1.29, 1.82) is 0 Å². The van der Waals surface area contributed by atoms with E-state index < -0.39 is 0 Å². The predicted octanol–water partition coefficient (Wildman–Crippen LogP) is 3.90. The Bertz CT molecular complexity index is 519. The van der Waals surface area contributed by atoms with Crippen LogP contribution in [0.25, 0.3) is 0 Å². The van der Waals surface area contributed by atoms with E-state index >= 15 is 0 Å². The largest absolute Gasteiger partial charge is 0.489 e. The van der Waals surface area contributed by atoms with Gasteiger partial charge in [-0.25, -0.2) is 0 Å². The molecule has 0 spiro atoms. The average molecular weight is 311 g/mol. The Morgan fingerprint density at radius 2 is 2.14 bits per heavy atom. The van der Waals surface area contributed by atoms with Crippen LogP contribution in [0.3, 0.4) is 0 Å². The summed E-state index contributed by atoms with van der Waals surface area (Å²) in [5.41, 5.74) is 1.69. The molecule has 0 aliphatic carbocycles. The van der Waals surface area contributed by atoms with Crippen molar-refractivity contribution in [1.82, 2.24) is 5.32 Å². The van der Waals surface area contributed by atoms with Crippen LogP contribution in [0.5, 0.6) is 5.75 Å². The second-order valence-electron chi connectivity index (χ2n) is 5.46. The minimum atomic E-state index is -0.320. The number of hydrogen-bond acceptors (Lipinski definition) is 3. The number of fused-ring (bicyclic) bond motifs is 1. The summed E-state index contributed by atoms with van der Waals surface area (Å²) in [4.78, 5) is 12.0. The standard InChI is InChI=1S/C16H23ClN2O2/c1-4-6-10(3)21-14-9-13-11(8-12(14)17)15(16(20)19-13)18-7-5-2/h8-10,15,18H,4-7H2,1-3H3,(H,19,20). The second kappa shape index (κ2) is 7.14. The lowest BCUT2D eigenvalue weighted by atomic mass is 10.1. The van der Waals surface area contributed by atoms with Crippen LogP contribution in [0.2, 0.25) is 5.02 Å². The van der Waals surface area contributed by atoms with E-state index in [9.17, 15) is 4.79 Å². The number of carbonyl (C=O) groups excluding carboxylic acids is 1. The molecule has 2 atom stereocenters. The number of carbonyl (C=O) groups is 1. The quantitative estimate of drug-likeness (QED) is 0.803. The molecular weight excluding hydrogens is 288 g/mol. The molecule has 2 unspecified atom stereocenters. The molecule has 1 aromatic rings. The van der Waals surface area contributed by atoms with Crippen LogP contribution in [0.1, 0.15) is 51.6 Å². The highest BCUT2D eigenvalue weighted by atomic mass is 35.5. The summed E-state index contributed by atoms with van der Waals surface area (Å²) in [5, 5.41) is 6.67. The van der Waals surface area contributed by atoms with Crippen LogP contribution in [0.15, 0.2) is 12.1 Å². The van der Waals surface area contributed by atoms with E-state index in [-0.39, 0.29) is 18.1 Å². The van der Waals surface area contributed by atoms with E-state index in [1.54, 1.807) is 0 Å². The number of benzene rings is 1. The maximum atomic E-state index is 12.0. The summed E-state index contributed by atoms with van der Waals surface area (Å²) in [6.07, 6.45) is 3.11. The SMILES string of the molecule is CCCNC1C(=O)Nc2cc(OC(C)CCC)c(Cl)cc21. The Morgan fingerprint density at radius 1 is 1.38 bits per heavy atom. The molecule has 1 heterocycles. The van der Waals surface area contributed by atoms with Gasteiger partial charge in [0, 0.05) is 17.3 Å². The van der Waals surface area contributed by atoms with E-state index in [1.165, 1.54) is 0 Å². The van der Waals surface area contributed by atoms with Gasteiger partial charge in [-0.15, -0.1) is 0 Å². The van der Waals surface area contributed by atoms with Crippen molar-refractivity contribution in [3.05, 3.63) is 22.7 Å². The number of hydrogen-bond donors (Lipinski definition) is 2. The lowest BCUT2D eigenvalue weighted by Crippen LogP contribution is -2.27. The van der Waals surface area contributed by atoms with Crippen LogP contribution in [0, 0.1) is 0 Å². The summed E-state index contributed by atoms with van der Waals surface area (Å²) < 4.78 is 5.86. The van der Waals surface area contributed by atoms with Gasteiger partial charge < -0.3 is 15.4 Å². The highest BCUT2D eigenvalue weighted by Gasteiger charge is 2.31. The van der Waals surface area contributed by atoms with Gasteiger partial charge in [0.15, 0.2) is 0 Å². The van der Waals surface area contributed by atoms with Crippen LogP contribution in [-0.2, 0) is 4.79 Å². The van der Waals surface area contributed by atoms with Crippen LogP contribution in [-0.4, -0.2) is 18.6 Å². The third-order valence-corrected chi connectivity index (χ3v) is 3.85. The van der Waals surface area contributed by atoms with E-state index in [4.69, 9.17) is 16.3 Å². The highest BCUT2D eigenvalue weighted by Crippen LogP contribution is 2.39. The molecule has 0 saturated heterocycles. The molecule has 4 nitrogen and oxygen atoms in total. The second-order valence-corrected chi connectivity index (χ2v) is 5.87. The van der Waals surface area contributed by atoms with Crippen LogP contribution < -0.4 is 15.4 Å². The first kappa shape index (κ1) is 16.1. The van der Waals surface area contributed by atoms with E-state index in [0.717, 1.165) is 37.1 Å². The fourth-order valence-electron chi connectivity index (χ4n) is 2.53. The number of ether oxygens (including phenoxy) is 1. The van der Waals surface area contributed by atoms with Gasteiger partial charge in [-0.1, -0.05) is 31.9 Å². The lowest BCUT2D eigenvalue weighted by Gasteiger charge is -2.16. The van der Waals surface area contributed by atoms with Gasteiger partial charge in [0.1, 0.15) is 11.8 Å². The van der Waals surface area contributed by atoms with Crippen molar-refractivity contribution >= 4 is 23.2 Å². The Morgan fingerprint density at radius 3 is 2.81 bits per heavy atom. The molecule has 1 aliphatic heterocycles. The lowest BCUT2D eigenvalue weighted by molar-refractivity contribution is -0.117. The Balaban J connectivity index is 2.20. The van der Waals surface area contributed by atoms with Gasteiger partial charge in [0.25, 0.3) is 0 Å². The molecule has 0 aromatic heterocycles. The summed E-state index contributed by atoms with van der Waals surface area (Å²) >= 11 is 6.31. The number of nitrogens with one attached hydrogen (secondary N) is 2. The maximum Gasteiger partial charge on any atom is 0.246 e. The van der Waals surface area contributed by atoms with Crippen molar-refractivity contribution in [3.63, 3.8) is 0 Å². The third kappa shape index (κ3) is 3.69. The minimum absolute atomic E-state index is 0.0340. The molecule has 2 rings (SSSR count). The van der Waals surface area contributed by atoms with Crippen molar-refractivity contribution in [2.45, 2.75) is 52.2 Å². The topological polar surface area (TPSA) is 50.4 Å². The number of rotatable bonds is 7. The average Bonchev–Trinajstić information content (AvgIpc) is 2.72. The molecule has 5 heteroatoms. The fraction of sp³-hybridized carbons (Fsp3) is 0.562. The highest BCUT2D eigenvalue weighted by molar-refractivity contribution is 6.32. The van der Waals surface area contributed by atoms with Crippen molar-refractivity contribution in [2.24, 2.45) is 0 Å². The predicted molar refractivity (Wildman–Crippen MR) is 86.1 cm³/mol. The smallest absolute Gasteiger partial charge is 0.246 e. The Labute approximate surface area is 131 Å². The summed E-state index contributed by atoms with van der Waals surface area (Å²) in [6, 6.07) is 3.34. The monoisotopic (exact) mass is 310 g/mol. The number of halogens is 1. The van der Waals surface area contributed by atoms with E-state index in [0.29, 0.717) is 10.8 Å². The van der Waals surface area contributed by atoms with Gasteiger partial charge in [-0.3, -0.25) is 4.79 Å². The van der Waals surface area contributed by atoms with E-state index in [1.807, 2.05) is 19.1 Å². The summed E-state index contributed by atoms with van der Waals surface area (Å²) in [7, 11) is 0. The van der Waals surface area contributed by atoms with Gasteiger partial charge in [0.2, 0.25) is 5.91 Å². The van der Waals surface area contributed by atoms with Gasteiger partial charge in [-0.2, -0.15) is 0 Å². The van der Waals surface area contributed by atoms with Crippen LogP contribution in [0.4, 0.5) is 5.69 Å². The number of amides is 1. The first-order valence-electron chi connectivity index (χ1n) is 7.61. The molecular formula is C16H23ClN2O2. The van der Waals surface area contributed by atoms with Gasteiger partial charge in [0.05, 0.1) is 11.1 Å². The normalized spacial score (nSPS) is 18.3. The van der Waals surface area contributed by atoms with Gasteiger partial charge >= 0.3 is 0 Å². The first-order valence-corrected chi connectivity index (χ1v) is 7.98. The third-order valence-electron chi connectivity index (χ3n) is 3.56. The Kier molecular flexibility index (Phi) is 5.48. The molecule has 0 bridgehead atoms. The molecule has 1 amide bonds. The molecule has 0 saturated carbocycles. The zero-order valence-electron chi connectivity index (χ0n) is 12.8. The zero-order chi connectivity index (χ0) is 15.4. The maximum absolute atomic E-state index is 12.0. The van der Waals surface area contributed by atoms with Crippen LogP contribution >= 0.6 is 11.6 Å². The van der Waals surface area contributed by atoms with Crippen molar-refractivity contribution in [3.8, 4) is 5.75 Å². The van der Waals surface area contributed by atoms with Crippen molar-refractivity contribution in [2.75, 3.05) is 11.9 Å². The molecule has 0 fully saturated rings. The minimum Gasteiger partial charge on any atom is -0.489 e. The van der Waals surface area contributed by atoms with E-state index in [2.05, 4.69) is 24.5 Å². The molecule has 1 aromatic carbocycles.